The molecule has 0 bridgehead atoms. The monoisotopic (exact) mass is 426 g/mol. The smallest absolute Gasteiger partial charge is 0.265 e. The Labute approximate surface area is 183 Å². The first-order valence-corrected chi connectivity index (χ1v) is 9.94. The van der Waals surface area contributed by atoms with Gasteiger partial charge < -0.3 is 14.2 Å². The van der Waals surface area contributed by atoms with Crippen molar-refractivity contribution in [3.8, 4) is 22.8 Å². The Kier molecular flexibility index (Phi) is 4.87. The summed E-state index contributed by atoms with van der Waals surface area (Å²) >= 11 is 0. The van der Waals surface area contributed by atoms with Gasteiger partial charge in [0.15, 0.2) is 5.92 Å². The molecule has 2 aromatic carbocycles. The summed E-state index contributed by atoms with van der Waals surface area (Å²) < 4.78 is 10.7. The van der Waals surface area contributed by atoms with Gasteiger partial charge in [-0.15, -0.1) is 0 Å². The van der Waals surface area contributed by atoms with E-state index in [0.717, 1.165) is 5.56 Å². The number of rotatable bonds is 5. The van der Waals surface area contributed by atoms with Gasteiger partial charge in [0.05, 0.1) is 23.9 Å². The zero-order chi connectivity index (χ0) is 22.1. The highest BCUT2D eigenvalue weighted by atomic mass is 16.3. The number of benzene rings is 2. The molecular formula is C24H18N4O4. The molecular weight excluding hydrogens is 408 g/mol. The van der Waals surface area contributed by atoms with E-state index < -0.39 is 17.7 Å². The number of hydrazone groups is 1. The van der Waals surface area contributed by atoms with Crippen LogP contribution in [0, 0.1) is 5.92 Å². The standard InChI is InChI=1S/C24H18N4O4/c1-15-21(22(29)26-18-7-2-5-16(13-18)20-9-4-11-31-20)24(30)28(27-15)19-8-3-6-17(14-19)23-25-10-12-32-23/h2-14,21H,1H3,(H,26,29). The first-order valence-electron chi connectivity index (χ1n) is 9.94. The van der Waals surface area contributed by atoms with Gasteiger partial charge in [0.25, 0.3) is 5.91 Å². The lowest BCUT2D eigenvalue weighted by Gasteiger charge is -2.15. The van der Waals surface area contributed by atoms with E-state index >= 15 is 0 Å². The SMILES string of the molecule is CC1=NN(c2cccc(-c3ncco3)c2)C(=O)C1C(=O)Nc1cccc(-c2ccco2)c1. The largest absolute Gasteiger partial charge is 0.464 e. The maximum atomic E-state index is 13.1. The Balaban J connectivity index is 1.35. The van der Waals surface area contributed by atoms with Crippen LogP contribution in [0.25, 0.3) is 22.8 Å². The minimum absolute atomic E-state index is 0.413. The molecule has 8 heteroatoms. The van der Waals surface area contributed by atoms with Crippen LogP contribution < -0.4 is 10.3 Å². The Morgan fingerprint density at radius 2 is 1.84 bits per heavy atom. The summed E-state index contributed by atoms with van der Waals surface area (Å²) in [4.78, 5) is 30.2. The van der Waals surface area contributed by atoms with Gasteiger partial charge in [0, 0.05) is 16.8 Å². The maximum absolute atomic E-state index is 13.1. The number of anilines is 2. The van der Waals surface area contributed by atoms with Gasteiger partial charge in [0.1, 0.15) is 12.0 Å². The predicted molar refractivity (Wildman–Crippen MR) is 119 cm³/mol. The Morgan fingerprint density at radius 1 is 1.00 bits per heavy atom. The molecule has 0 saturated carbocycles. The molecule has 0 aliphatic carbocycles. The number of amides is 2. The van der Waals surface area contributed by atoms with E-state index in [1.807, 2.05) is 24.3 Å². The normalized spacial score (nSPS) is 15.7. The molecule has 1 unspecified atom stereocenters. The summed E-state index contributed by atoms with van der Waals surface area (Å²) in [5.74, 6) is -0.767. The van der Waals surface area contributed by atoms with Crippen LogP contribution in [0.1, 0.15) is 6.92 Å². The molecule has 3 heterocycles. The predicted octanol–water partition coefficient (Wildman–Crippen LogP) is 4.58. The second kappa shape index (κ2) is 7.99. The van der Waals surface area contributed by atoms with E-state index in [0.29, 0.717) is 34.3 Å². The zero-order valence-electron chi connectivity index (χ0n) is 17.1. The van der Waals surface area contributed by atoms with Gasteiger partial charge in [-0.05, 0) is 49.4 Å². The van der Waals surface area contributed by atoms with Gasteiger partial charge >= 0.3 is 0 Å². The van der Waals surface area contributed by atoms with Gasteiger partial charge in [-0.3, -0.25) is 9.59 Å². The fraction of sp³-hybridized carbons (Fsp3) is 0.0833. The molecule has 8 nitrogen and oxygen atoms in total. The van der Waals surface area contributed by atoms with Crippen molar-refractivity contribution in [3.63, 3.8) is 0 Å². The van der Waals surface area contributed by atoms with Crippen LogP contribution in [-0.2, 0) is 9.59 Å². The van der Waals surface area contributed by atoms with Gasteiger partial charge in [-0.1, -0.05) is 18.2 Å². The Morgan fingerprint density at radius 3 is 2.62 bits per heavy atom. The second-order valence-corrected chi connectivity index (χ2v) is 7.26. The molecule has 2 amide bonds. The first kappa shape index (κ1) is 19.5. The Bertz CT molecular complexity index is 1310. The first-order chi connectivity index (χ1) is 15.6. The molecule has 1 aliphatic rings. The van der Waals surface area contributed by atoms with Crippen LogP contribution in [0.5, 0.6) is 0 Å². The molecule has 5 rings (SSSR count). The number of carbonyl (C=O) groups excluding carboxylic acids is 2. The molecule has 4 aromatic rings. The van der Waals surface area contributed by atoms with Crippen LogP contribution >= 0.6 is 0 Å². The van der Waals surface area contributed by atoms with Crippen molar-refractivity contribution < 1.29 is 18.4 Å². The van der Waals surface area contributed by atoms with Crippen molar-refractivity contribution in [2.75, 3.05) is 10.3 Å². The Hall–Kier alpha value is -4.46. The van der Waals surface area contributed by atoms with E-state index in [9.17, 15) is 9.59 Å². The average Bonchev–Trinajstić information content (AvgIpc) is 3.56. The van der Waals surface area contributed by atoms with Crippen LogP contribution in [0.3, 0.4) is 0 Å². The molecule has 158 valence electrons. The minimum atomic E-state index is -1.02. The third-order valence-electron chi connectivity index (χ3n) is 5.10. The third kappa shape index (κ3) is 3.58. The average molecular weight is 426 g/mol. The number of oxazole rings is 1. The summed E-state index contributed by atoms with van der Waals surface area (Å²) in [7, 11) is 0. The zero-order valence-corrected chi connectivity index (χ0v) is 17.1. The van der Waals surface area contributed by atoms with E-state index in [1.54, 1.807) is 55.8 Å². The lowest BCUT2D eigenvalue weighted by atomic mass is 10.0. The topological polar surface area (TPSA) is 101 Å². The minimum Gasteiger partial charge on any atom is -0.464 e. The number of hydrogen-bond acceptors (Lipinski definition) is 6. The summed E-state index contributed by atoms with van der Waals surface area (Å²) in [6, 6.07) is 18.0. The molecule has 0 spiro atoms. The van der Waals surface area contributed by atoms with Crippen LogP contribution in [0.4, 0.5) is 11.4 Å². The number of aromatic nitrogens is 1. The quantitative estimate of drug-likeness (QED) is 0.471. The van der Waals surface area contributed by atoms with Crippen molar-refractivity contribution in [1.29, 1.82) is 0 Å². The number of carbonyl (C=O) groups is 2. The lowest BCUT2D eigenvalue weighted by Crippen LogP contribution is -2.36. The molecule has 2 aromatic heterocycles. The molecule has 1 N–H and O–H groups in total. The van der Waals surface area contributed by atoms with Gasteiger partial charge in [-0.2, -0.15) is 10.1 Å². The lowest BCUT2D eigenvalue weighted by molar-refractivity contribution is -0.127. The molecule has 0 saturated heterocycles. The van der Waals surface area contributed by atoms with Gasteiger partial charge in [-0.25, -0.2) is 4.98 Å². The van der Waals surface area contributed by atoms with E-state index in [-0.39, 0.29) is 0 Å². The fourth-order valence-electron chi connectivity index (χ4n) is 3.60. The van der Waals surface area contributed by atoms with Gasteiger partial charge in [0.2, 0.25) is 11.8 Å². The van der Waals surface area contributed by atoms with Crippen LogP contribution in [0.2, 0.25) is 0 Å². The summed E-state index contributed by atoms with van der Waals surface area (Å²) in [6.45, 7) is 1.67. The van der Waals surface area contributed by atoms with Crippen molar-refractivity contribution in [2.45, 2.75) is 6.92 Å². The van der Waals surface area contributed by atoms with Crippen molar-refractivity contribution >= 4 is 28.9 Å². The highest BCUT2D eigenvalue weighted by Gasteiger charge is 2.40. The molecule has 32 heavy (non-hydrogen) atoms. The molecule has 0 radical (unpaired) electrons. The fourth-order valence-corrected chi connectivity index (χ4v) is 3.60. The molecule has 1 aliphatic heterocycles. The number of hydrogen-bond donors (Lipinski definition) is 1. The highest BCUT2D eigenvalue weighted by molar-refractivity contribution is 6.28. The summed E-state index contributed by atoms with van der Waals surface area (Å²) in [6.07, 6.45) is 4.61. The third-order valence-corrected chi connectivity index (χ3v) is 5.10. The summed E-state index contributed by atoms with van der Waals surface area (Å²) in [5.41, 5.74) is 3.03. The second-order valence-electron chi connectivity index (χ2n) is 7.26. The van der Waals surface area contributed by atoms with Crippen molar-refractivity contribution in [3.05, 3.63) is 79.4 Å². The summed E-state index contributed by atoms with van der Waals surface area (Å²) in [5, 5.41) is 8.40. The van der Waals surface area contributed by atoms with Crippen LogP contribution in [-0.4, -0.2) is 22.5 Å². The maximum Gasteiger partial charge on any atom is 0.265 e. The van der Waals surface area contributed by atoms with Crippen molar-refractivity contribution in [2.24, 2.45) is 11.0 Å². The van der Waals surface area contributed by atoms with Crippen molar-refractivity contribution in [1.82, 2.24) is 4.98 Å². The number of nitrogens with one attached hydrogen (secondary N) is 1. The van der Waals surface area contributed by atoms with E-state index in [2.05, 4.69) is 15.4 Å². The van der Waals surface area contributed by atoms with E-state index in [1.165, 1.54) is 11.3 Å². The molecule has 1 atom stereocenters. The highest BCUT2D eigenvalue weighted by Crippen LogP contribution is 2.29. The van der Waals surface area contributed by atoms with Crippen LogP contribution in [0.15, 0.2) is 93.3 Å². The van der Waals surface area contributed by atoms with E-state index in [4.69, 9.17) is 8.83 Å². The molecule has 0 fully saturated rings. The number of nitrogens with zero attached hydrogens (tertiary/aromatic N) is 3. The number of furan rings is 1.